The van der Waals surface area contributed by atoms with Crippen LogP contribution in [0.2, 0.25) is 0 Å². The summed E-state index contributed by atoms with van der Waals surface area (Å²) in [4.78, 5) is 15.9. The summed E-state index contributed by atoms with van der Waals surface area (Å²) in [6, 6.07) is -0.819. The van der Waals surface area contributed by atoms with E-state index in [9.17, 15) is 4.79 Å². The van der Waals surface area contributed by atoms with Crippen molar-refractivity contribution in [2.75, 3.05) is 6.61 Å². The second-order valence-corrected chi connectivity index (χ2v) is 3.03. The van der Waals surface area contributed by atoms with Gasteiger partial charge in [-0.3, -0.25) is 4.79 Å². The van der Waals surface area contributed by atoms with Crippen molar-refractivity contribution in [3.05, 3.63) is 0 Å². The summed E-state index contributed by atoms with van der Waals surface area (Å²) in [5.74, 6) is -0.492. The van der Waals surface area contributed by atoms with Gasteiger partial charge in [-0.05, 0) is 6.92 Å². The monoisotopic (exact) mass is 206 g/mol. The molecular formula is C7H11ClN2O3. The highest BCUT2D eigenvalue weighted by atomic mass is 35.5. The summed E-state index contributed by atoms with van der Waals surface area (Å²) in [6.07, 6.45) is -0.131. The highest BCUT2D eigenvalue weighted by Crippen LogP contribution is 2.15. The first-order valence-corrected chi connectivity index (χ1v) is 4.33. The highest BCUT2D eigenvalue weighted by molar-refractivity contribution is 6.65. The van der Waals surface area contributed by atoms with Crippen LogP contribution in [0, 0.1) is 0 Å². The zero-order chi connectivity index (χ0) is 9.84. The zero-order valence-corrected chi connectivity index (χ0v) is 7.95. The minimum atomic E-state index is -0.819. The molecule has 6 heteroatoms. The van der Waals surface area contributed by atoms with E-state index in [2.05, 4.69) is 5.16 Å². The van der Waals surface area contributed by atoms with Crippen molar-refractivity contribution in [2.24, 2.45) is 10.9 Å². The molecule has 0 bridgehead atoms. The predicted octanol–water partition coefficient (Wildman–Crippen LogP) is 0.218. The first-order chi connectivity index (χ1) is 6.15. The van der Waals surface area contributed by atoms with Crippen LogP contribution in [0.5, 0.6) is 0 Å². The number of nitrogens with two attached hydrogens (primary N) is 1. The van der Waals surface area contributed by atoms with Gasteiger partial charge in [0, 0.05) is 6.42 Å². The fraction of sp³-hybridized carbons (Fsp3) is 0.714. The second-order valence-electron chi connectivity index (χ2n) is 2.59. The van der Waals surface area contributed by atoms with Crippen LogP contribution in [0.4, 0.5) is 0 Å². The fourth-order valence-corrected chi connectivity index (χ4v) is 1.14. The maximum Gasteiger partial charge on any atom is 0.326 e. The van der Waals surface area contributed by atoms with Crippen molar-refractivity contribution in [2.45, 2.75) is 25.5 Å². The second kappa shape index (κ2) is 4.43. The van der Waals surface area contributed by atoms with Crippen molar-refractivity contribution in [1.29, 1.82) is 0 Å². The standard InChI is InChI=1S/C7H11ClN2O3/c1-2-12-7(11)6(9)4-3-5(8)10-13-4/h4,6H,2-3,9H2,1H3/t4-,6-/m0/s1. The van der Waals surface area contributed by atoms with Gasteiger partial charge in [0.15, 0.2) is 6.10 Å². The van der Waals surface area contributed by atoms with Crippen LogP contribution >= 0.6 is 11.6 Å². The zero-order valence-electron chi connectivity index (χ0n) is 7.20. The van der Waals surface area contributed by atoms with Gasteiger partial charge in [-0.15, -0.1) is 0 Å². The normalized spacial score (nSPS) is 23.3. The number of oxime groups is 1. The minimum absolute atomic E-state index is 0.299. The van der Waals surface area contributed by atoms with Crippen molar-refractivity contribution in [3.8, 4) is 0 Å². The smallest absolute Gasteiger partial charge is 0.326 e. The minimum Gasteiger partial charge on any atom is -0.465 e. The summed E-state index contributed by atoms with van der Waals surface area (Å²) in [5.41, 5.74) is 5.54. The van der Waals surface area contributed by atoms with Crippen LogP contribution < -0.4 is 5.73 Å². The average Bonchev–Trinajstić information content (AvgIpc) is 2.51. The third-order valence-corrected chi connectivity index (χ3v) is 1.84. The molecule has 0 spiro atoms. The Balaban J connectivity index is 2.40. The van der Waals surface area contributed by atoms with Crippen LogP contribution in [0.15, 0.2) is 5.16 Å². The van der Waals surface area contributed by atoms with Crippen molar-refractivity contribution in [3.63, 3.8) is 0 Å². The van der Waals surface area contributed by atoms with Crippen LogP contribution in [0.1, 0.15) is 13.3 Å². The van der Waals surface area contributed by atoms with Gasteiger partial charge in [-0.25, -0.2) is 0 Å². The lowest BCUT2D eigenvalue weighted by Crippen LogP contribution is -2.43. The molecule has 0 fully saturated rings. The van der Waals surface area contributed by atoms with E-state index in [1.54, 1.807) is 6.92 Å². The largest absolute Gasteiger partial charge is 0.465 e. The Bertz CT molecular complexity index is 232. The Morgan fingerprint density at radius 3 is 3.15 bits per heavy atom. The molecule has 0 aliphatic carbocycles. The Morgan fingerprint density at radius 1 is 2.00 bits per heavy atom. The Kier molecular flexibility index (Phi) is 3.50. The molecule has 0 unspecified atom stereocenters. The number of esters is 1. The van der Waals surface area contributed by atoms with E-state index in [0.29, 0.717) is 18.2 Å². The molecule has 2 N–H and O–H groups in total. The number of nitrogens with zero attached hydrogens (tertiary/aromatic N) is 1. The molecule has 5 nitrogen and oxygen atoms in total. The summed E-state index contributed by atoms with van der Waals surface area (Å²) >= 11 is 5.55. The van der Waals surface area contributed by atoms with Gasteiger partial charge in [0.05, 0.1) is 6.61 Å². The lowest BCUT2D eigenvalue weighted by atomic mass is 10.1. The molecule has 13 heavy (non-hydrogen) atoms. The van der Waals surface area contributed by atoms with E-state index in [0.717, 1.165) is 0 Å². The van der Waals surface area contributed by atoms with E-state index in [4.69, 9.17) is 26.9 Å². The number of ether oxygens (including phenoxy) is 1. The van der Waals surface area contributed by atoms with Gasteiger partial charge in [0.25, 0.3) is 0 Å². The number of hydrogen-bond acceptors (Lipinski definition) is 5. The van der Waals surface area contributed by atoms with E-state index in [1.807, 2.05) is 0 Å². The Labute approximate surface area is 80.8 Å². The van der Waals surface area contributed by atoms with Crippen molar-refractivity contribution < 1.29 is 14.4 Å². The molecule has 1 aliphatic heterocycles. The number of halogens is 1. The third-order valence-electron chi connectivity index (χ3n) is 1.62. The first-order valence-electron chi connectivity index (χ1n) is 3.95. The average molecular weight is 207 g/mol. The summed E-state index contributed by atoms with van der Waals surface area (Å²) in [7, 11) is 0. The lowest BCUT2D eigenvalue weighted by molar-refractivity contribution is -0.148. The summed E-state index contributed by atoms with van der Waals surface area (Å²) < 4.78 is 4.71. The molecule has 0 aromatic carbocycles. The van der Waals surface area contributed by atoms with E-state index < -0.39 is 18.1 Å². The molecule has 0 aromatic heterocycles. The molecule has 0 aromatic rings. The van der Waals surface area contributed by atoms with E-state index in [1.165, 1.54) is 0 Å². The SMILES string of the molecule is CCOC(=O)[C@@H](N)[C@@H]1CC(Cl)=NO1. The van der Waals surface area contributed by atoms with Crippen molar-refractivity contribution >= 4 is 22.7 Å². The Hall–Kier alpha value is -0.810. The van der Waals surface area contributed by atoms with Gasteiger partial charge >= 0.3 is 5.97 Å². The molecular weight excluding hydrogens is 196 g/mol. The number of carbonyl (C=O) groups excluding carboxylic acids is 1. The van der Waals surface area contributed by atoms with Crippen molar-refractivity contribution in [1.82, 2.24) is 0 Å². The van der Waals surface area contributed by atoms with Crippen LogP contribution in [0.3, 0.4) is 0 Å². The molecule has 0 saturated heterocycles. The third kappa shape index (κ3) is 2.57. The maximum atomic E-state index is 11.1. The maximum absolute atomic E-state index is 11.1. The molecule has 1 heterocycles. The molecule has 1 aliphatic rings. The van der Waals surface area contributed by atoms with Crippen LogP contribution in [-0.2, 0) is 14.4 Å². The van der Waals surface area contributed by atoms with Gasteiger partial charge in [0.2, 0.25) is 0 Å². The van der Waals surface area contributed by atoms with Gasteiger partial charge < -0.3 is 15.3 Å². The summed E-state index contributed by atoms with van der Waals surface area (Å²) in [5, 5.41) is 3.80. The fourth-order valence-electron chi connectivity index (χ4n) is 0.948. The van der Waals surface area contributed by atoms with Gasteiger partial charge in [0.1, 0.15) is 11.2 Å². The molecule has 2 atom stereocenters. The van der Waals surface area contributed by atoms with Crippen LogP contribution in [-0.4, -0.2) is 29.9 Å². The first kappa shape index (κ1) is 10.3. The Morgan fingerprint density at radius 2 is 2.69 bits per heavy atom. The topological polar surface area (TPSA) is 73.9 Å². The number of rotatable bonds is 3. The molecule has 0 saturated carbocycles. The summed E-state index contributed by atoms with van der Waals surface area (Å²) in [6.45, 7) is 2.01. The van der Waals surface area contributed by atoms with E-state index in [-0.39, 0.29) is 0 Å². The molecule has 0 amide bonds. The van der Waals surface area contributed by atoms with Gasteiger partial charge in [-0.1, -0.05) is 16.8 Å². The van der Waals surface area contributed by atoms with Gasteiger partial charge in [-0.2, -0.15) is 0 Å². The van der Waals surface area contributed by atoms with Crippen LogP contribution in [0.25, 0.3) is 0 Å². The predicted molar refractivity (Wildman–Crippen MR) is 47.4 cm³/mol. The number of hydrogen-bond donors (Lipinski definition) is 1. The number of carbonyl (C=O) groups is 1. The molecule has 74 valence electrons. The molecule has 0 radical (unpaired) electrons. The highest BCUT2D eigenvalue weighted by Gasteiger charge is 2.32. The molecule has 1 rings (SSSR count). The van der Waals surface area contributed by atoms with E-state index >= 15 is 0 Å². The quantitative estimate of drug-likeness (QED) is 0.671. The lowest BCUT2D eigenvalue weighted by Gasteiger charge is -2.14.